The minimum Gasteiger partial charge on any atom is -0.309 e. The summed E-state index contributed by atoms with van der Waals surface area (Å²) in [6, 6.07) is 0. The highest BCUT2D eigenvalue weighted by Gasteiger charge is 2.25. The molecule has 170 valence electrons. The molecule has 0 rings (SSSR count). The summed E-state index contributed by atoms with van der Waals surface area (Å²) in [5.74, 6) is 0. The molecule has 0 heterocycles. The first-order chi connectivity index (χ1) is 12.5. The maximum atomic E-state index is 6.27. The highest BCUT2D eigenvalue weighted by molar-refractivity contribution is 7.41. The Bertz CT molecular complexity index is 342. The monoisotopic (exact) mass is 418 g/mol. The van der Waals surface area contributed by atoms with Crippen LogP contribution >= 0.6 is 8.60 Å². The van der Waals surface area contributed by atoms with Crippen LogP contribution in [0.25, 0.3) is 0 Å². The number of rotatable bonds is 12. The third-order valence-corrected chi connectivity index (χ3v) is 6.30. The van der Waals surface area contributed by atoms with Crippen molar-refractivity contribution in [2.45, 2.75) is 140 Å². The molecular formula is C24H51O3P. The van der Waals surface area contributed by atoms with E-state index in [-0.39, 0.29) is 18.3 Å². The van der Waals surface area contributed by atoms with Crippen LogP contribution in [-0.2, 0) is 13.6 Å². The largest absolute Gasteiger partial charge is 0.333 e. The first-order valence-electron chi connectivity index (χ1n) is 11.3. The predicted octanol–water partition coefficient (Wildman–Crippen LogP) is 8.91. The maximum Gasteiger partial charge on any atom is 0.333 e. The van der Waals surface area contributed by atoms with E-state index in [2.05, 4.69) is 83.1 Å². The molecule has 0 fully saturated rings. The summed E-state index contributed by atoms with van der Waals surface area (Å²) >= 11 is 0. The minimum atomic E-state index is -1.32. The molecule has 0 spiro atoms. The van der Waals surface area contributed by atoms with Crippen molar-refractivity contribution in [2.75, 3.05) is 0 Å². The van der Waals surface area contributed by atoms with E-state index in [9.17, 15) is 0 Å². The fraction of sp³-hybridized carbons (Fsp3) is 1.00. The third kappa shape index (κ3) is 18.3. The molecule has 0 amide bonds. The van der Waals surface area contributed by atoms with Gasteiger partial charge in [-0.3, -0.25) is 0 Å². The lowest BCUT2D eigenvalue weighted by Crippen LogP contribution is -2.18. The predicted molar refractivity (Wildman–Crippen MR) is 125 cm³/mol. The Morgan fingerprint density at radius 3 is 0.893 bits per heavy atom. The molecule has 0 saturated carbocycles. The van der Waals surface area contributed by atoms with Crippen LogP contribution in [0.1, 0.15) is 122 Å². The molecule has 3 atom stereocenters. The highest BCUT2D eigenvalue weighted by atomic mass is 31.2. The molecule has 4 heteroatoms. The lowest BCUT2D eigenvalue weighted by molar-refractivity contribution is 0.0627. The smallest absolute Gasteiger partial charge is 0.309 e. The average Bonchev–Trinajstić information content (AvgIpc) is 2.47. The van der Waals surface area contributed by atoms with Crippen molar-refractivity contribution in [2.24, 2.45) is 16.2 Å². The zero-order valence-electron chi connectivity index (χ0n) is 21.1. The summed E-state index contributed by atoms with van der Waals surface area (Å²) in [5.41, 5.74) is 0.965. The minimum absolute atomic E-state index is 0.148. The third-order valence-electron chi connectivity index (χ3n) is 4.70. The van der Waals surface area contributed by atoms with Gasteiger partial charge in [-0.15, -0.1) is 0 Å². The number of hydrogen-bond acceptors (Lipinski definition) is 3. The van der Waals surface area contributed by atoms with Gasteiger partial charge in [0.25, 0.3) is 0 Å². The van der Waals surface area contributed by atoms with E-state index >= 15 is 0 Å². The van der Waals surface area contributed by atoms with Crippen molar-refractivity contribution in [1.29, 1.82) is 0 Å². The molecule has 0 unspecified atom stereocenters. The van der Waals surface area contributed by atoms with Crippen molar-refractivity contribution in [3.8, 4) is 0 Å². The fourth-order valence-corrected chi connectivity index (χ4v) is 3.93. The van der Waals surface area contributed by atoms with Crippen LogP contribution in [0.2, 0.25) is 0 Å². The van der Waals surface area contributed by atoms with Gasteiger partial charge in [-0.1, -0.05) is 62.3 Å². The standard InChI is InChI=1S/C24H51O3P/c1-19(13-16-22(4,5)6)25-28(26-20(2)14-17-23(7,8)9)27-21(3)15-18-24(10,11)12/h19-21H,13-18H2,1-12H3/t19-,20-,21+/m0/s1. The topological polar surface area (TPSA) is 27.7 Å². The second-order valence-corrected chi connectivity index (χ2v) is 13.3. The molecular weight excluding hydrogens is 367 g/mol. The molecule has 0 N–H and O–H groups in total. The molecule has 0 radical (unpaired) electrons. The van der Waals surface area contributed by atoms with Crippen LogP contribution in [0.5, 0.6) is 0 Å². The van der Waals surface area contributed by atoms with Crippen LogP contribution in [0.3, 0.4) is 0 Å². The maximum absolute atomic E-state index is 6.27. The van der Waals surface area contributed by atoms with E-state index in [0.717, 1.165) is 38.5 Å². The van der Waals surface area contributed by atoms with E-state index in [0.29, 0.717) is 16.2 Å². The molecule has 0 aromatic rings. The summed E-state index contributed by atoms with van der Waals surface area (Å²) in [6.07, 6.45) is 6.94. The molecule has 0 saturated heterocycles. The van der Waals surface area contributed by atoms with Gasteiger partial charge in [-0.25, -0.2) is 0 Å². The van der Waals surface area contributed by atoms with Crippen LogP contribution in [-0.4, -0.2) is 18.3 Å². The second kappa shape index (κ2) is 12.2. The van der Waals surface area contributed by atoms with Crippen LogP contribution in [0.4, 0.5) is 0 Å². The van der Waals surface area contributed by atoms with Gasteiger partial charge in [-0.2, -0.15) is 0 Å². The van der Waals surface area contributed by atoms with Crippen molar-refractivity contribution >= 4 is 8.60 Å². The van der Waals surface area contributed by atoms with E-state index in [4.69, 9.17) is 13.6 Å². The van der Waals surface area contributed by atoms with Gasteiger partial charge in [0.15, 0.2) is 0 Å². The zero-order valence-corrected chi connectivity index (χ0v) is 22.0. The summed E-state index contributed by atoms with van der Waals surface area (Å²) < 4.78 is 18.8. The van der Waals surface area contributed by atoms with E-state index in [1.807, 2.05) is 0 Å². The highest BCUT2D eigenvalue weighted by Crippen LogP contribution is 2.46. The Morgan fingerprint density at radius 2 is 0.714 bits per heavy atom. The van der Waals surface area contributed by atoms with Crippen molar-refractivity contribution in [1.82, 2.24) is 0 Å². The SMILES string of the molecule is C[C@H](CCC(C)(C)C)OP(O[C@@H](C)CCC(C)(C)C)O[C@@H](C)CCC(C)(C)C. The van der Waals surface area contributed by atoms with Crippen LogP contribution in [0, 0.1) is 16.2 Å². The molecule has 0 aromatic carbocycles. The van der Waals surface area contributed by atoms with Crippen molar-refractivity contribution in [3.05, 3.63) is 0 Å². The normalized spacial score (nSPS) is 17.0. The Hall–Kier alpha value is 0.310. The quantitative estimate of drug-likeness (QED) is 0.296. The fourth-order valence-electron chi connectivity index (χ4n) is 2.58. The molecule has 0 bridgehead atoms. The van der Waals surface area contributed by atoms with Crippen LogP contribution < -0.4 is 0 Å². The van der Waals surface area contributed by atoms with Gasteiger partial charge >= 0.3 is 8.60 Å². The second-order valence-electron chi connectivity index (χ2n) is 12.3. The van der Waals surface area contributed by atoms with E-state index in [1.165, 1.54) is 0 Å². The summed E-state index contributed by atoms with van der Waals surface area (Å²) in [7, 11) is -1.32. The molecule has 0 aliphatic carbocycles. The molecule has 3 nitrogen and oxygen atoms in total. The lowest BCUT2D eigenvalue weighted by Gasteiger charge is -2.29. The lowest BCUT2D eigenvalue weighted by atomic mass is 9.89. The van der Waals surface area contributed by atoms with Crippen molar-refractivity contribution in [3.63, 3.8) is 0 Å². The number of hydrogen-bond donors (Lipinski definition) is 0. The van der Waals surface area contributed by atoms with Crippen LogP contribution in [0.15, 0.2) is 0 Å². The first-order valence-corrected chi connectivity index (χ1v) is 12.4. The van der Waals surface area contributed by atoms with E-state index < -0.39 is 8.60 Å². The van der Waals surface area contributed by atoms with Gasteiger partial charge in [0.1, 0.15) is 0 Å². The molecule has 0 aliphatic rings. The van der Waals surface area contributed by atoms with Gasteiger partial charge in [-0.05, 0) is 75.5 Å². The molecule has 0 aliphatic heterocycles. The summed E-state index contributed by atoms with van der Waals surface area (Å²) in [6.45, 7) is 26.9. The summed E-state index contributed by atoms with van der Waals surface area (Å²) in [5, 5.41) is 0. The van der Waals surface area contributed by atoms with Gasteiger partial charge in [0.05, 0.1) is 18.3 Å². The van der Waals surface area contributed by atoms with Crippen molar-refractivity contribution < 1.29 is 13.6 Å². The zero-order chi connectivity index (χ0) is 22.2. The van der Waals surface area contributed by atoms with Gasteiger partial charge in [0.2, 0.25) is 0 Å². The van der Waals surface area contributed by atoms with Gasteiger partial charge in [0, 0.05) is 0 Å². The molecule has 0 aromatic heterocycles. The van der Waals surface area contributed by atoms with Gasteiger partial charge < -0.3 is 13.6 Å². The average molecular weight is 419 g/mol. The first kappa shape index (κ1) is 28.3. The summed E-state index contributed by atoms with van der Waals surface area (Å²) in [4.78, 5) is 0. The Morgan fingerprint density at radius 1 is 0.500 bits per heavy atom. The molecule has 28 heavy (non-hydrogen) atoms. The van der Waals surface area contributed by atoms with E-state index in [1.54, 1.807) is 0 Å². The Kier molecular flexibility index (Phi) is 12.4. The Labute approximate surface area is 178 Å². The Balaban J connectivity index is 4.75.